The van der Waals surface area contributed by atoms with Crippen molar-refractivity contribution in [3.8, 4) is 5.75 Å². The molecule has 0 atom stereocenters. The number of hydrogen-bond donors (Lipinski definition) is 1. The second kappa shape index (κ2) is 4.54. The van der Waals surface area contributed by atoms with Crippen LogP contribution in [-0.4, -0.2) is 24.0 Å². The summed E-state index contributed by atoms with van der Waals surface area (Å²) in [7, 11) is 0. The highest BCUT2D eigenvalue weighted by Gasteiger charge is 2.16. The number of aromatic carboxylic acids is 1. The molecule has 0 fully saturated rings. The molecule has 0 bridgehead atoms. The van der Waals surface area contributed by atoms with E-state index in [1.165, 1.54) is 0 Å². The van der Waals surface area contributed by atoms with E-state index in [0.717, 1.165) is 12.1 Å². The van der Waals surface area contributed by atoms with Gasteiger partial charge in [0.15, 0.2) is 6.29 Å². The molecule has 0 aliphatic rings. The maximum Gasteiger partial charge on any atom is 0.338 e. The highest BCUT2D eigenvalue weighted by molar-refractivity contribution is 5.91. The molecule has 1 aromatic rings. The quantitative estimate of drug-likeness (QED) is 0.772. The first-order valence-corrected chi connectivity index (χ1v) is 4.25. The smallest absolute Gasteiger partial charge is 0.338 e. The predicted molar refractivity (Wildman–Crippen MR) is 49.9 cm³/mol. The fourth-order valence-electron chi connectivity index (χ4n) is 1.11. The van der Waals surface area contributed by atoms with E-state index >= 15 is 0 Å². The standard InChI is InChI=1S/C10H9FO4/c1-2-15-7-3-6(5-12)9(11)8(4-7)10(13)14/h3-5H,2H2,1H3,(H,13,14). The monoisotopic (exact) mass is 212 g/mol. The number of benzene rings is 1. The van der Waals surface area contributed by atoms with Crippen molar-refractivity contribution in [1.82, 2.24) is 0 Å². The van der Waals surface area contributed by atoms with Gasteiger partial charge in [0.25, 0.3) is 0 Å². The fraction of sp³-hybridized carbons (Fsp3) is 0.200. The van der Waals surface area contributed by atoms with Crippen molar-refractivity contribution in [3.63, 3.8) is 0 Å². The molecule has 0 aliphatic heterocycles. The van der Waals surface area contributed by atoms with Crippen LogP contribution in [0.15, 0.2) is 12.1 Å². The summed E-state index contributed by atoms with van der Waals surface area (Å²) < 4.78 is 18.3. The summed E-state index contributed by atoms with van der Waals surface area (Å²) in [6, 6.07) is 2.21. The largest absolute Gasteiger partial charge is 0.494 e. The zero-order chi connectivity index (χ0) is 11.4. The highest BCUT2D eigenvalue weighted by Crippen LogP contribution is 2.20. The number of carboxylic acid groups (broad SMARTS) is 1. The molecule has 0 saturated heterocycles. The summed E-state index contributed by atoms with van der Waals surface area (Å²) in [5, 5.41) is 8.67. The van der Waals surface area contributed by atoms with Gasteiger partial charge in [-0.2, -0.15) is 0 Å². The van der Waals surface area contributed by atoms with Crippen molar-refractivity contribution >= 4 is 12.3 Å². The van der Waals surface area contributed by atoms with E-state index in [2.05, 4.69) is 0 Å². The van der Waals surface area contributed by atoms with Crippen molar-refractivity contribution in [3.05, 3.63) is 29.1 Å². The van der Waals surface area contributed by atoms with Gasteiger partial charge < -0.3 is 9.84 Å². The summed E-state index contributed by atoms with van der Waals surface area (Å²) in [6.07, 6.45) is 0.254. The molecule has 1 rings (SSSR count). The van der Waals surface area contributed by atoms with Gasteiger partial charge >= 0.3 is 5.97 Å². The van der Waals surface area contributed by atoms with Crippen molar-refractivity contribution in [2.24, 2.45) is 0 Å². The molecule has 0 radical (unpaired) electrons. The predicted octanol–water partition coefficient (Wildman–Crippen LogP) is 1.74. The summed E-state index contributed by atoms with van der Waals surface area (Å²) in [6.45, 7) is 2.01. The Morgan fingerprint density at radius 1 is 1.60 bits per heavy atom. The molecule has 0 aliphatic carbocycles. The first-order chi connectivity index (χ1) is 7.10. The number of ether oxygens (including phenoxy) is 1. The third kappa shape index (κ3) is 2.31. The summed E-state index contributed by atoms with van der Waals surface area (Å²) >= 11 is 0. The highest BCUT2D eigenvalue weighted by atomic mass is 19.1. The van der Waals surface area contributed by atoms with Crippen LogP contribution in [0.2, 0.25) is 0 Å². The normalized spacial score (nSPS) is 9.73. The van der Waals surface area contributed by atoms with Gasteiger partial charge in [-0.1, -0.05) is 0 Å². The van der Waals surface area contributed by atoms with Crippen LogP contribution in [0, 0.1) is 5.82 Å². The summed E-state index contributed by atoms with van der Waals surface area (Å²) in [5.41, 5.74) is -0.888. The van der Waals surface area contributed by atoms with Crippen LogP contribution in [0.3, 0.4) is 0 Å². The van der Waals surface area contributed by atoms with Gasteiger partial charge in [0.2, 0.25) is 0 Å². The third-order valence-electron chi connectivity index (χ3n) is 1.74. The summed E-state index contributed by atoms with van der Waals surface area (Å²) in [4.78, 5) is 21.1. The molecule has 0 amide bonds. The number of rotatable bonds is 4. The lowest BCUT2D eigenvalue weighted by molar-refractivity contribution is 0.0691. The Balaban J connectivity index is 3.31. The van der Waals surface area contributed by atoms with Gasteiger partial charge in [-0.3, -0.25) is 4.79 Å². The van der Waals surface area contributed by atoms with Crippen LogP contribution < -0.4 is 4.74 Å². The van der Waals surface area contributed by atoms with Crippen LogP contribution in [0.4, 0.5) is 4.39 Å². The maximum atomic E-state index is 13.3. The number of carbonyl (C=O) groups excluding carboxylic acids is 1. The molecule has 0 heterocycles. The van der Waals surface area contributed by atoms with Crippen molar-refractivity contribution in [2.75, 3.05) is 6.61 Å². The minimum Gasteiger partial charge on any atom is -0.494 e. The van der Waals surface area contributed by atoms with E-state index in [9.17, 15) is 14.0 Å². The number of carboxylic acids is 1. The third-order valence-corrected chi connectivity index (χ3v) is 1.74. The number of carbonyl (C=O) groups is 2. The molecule has 0 saturated carbocycles. The Bertz CT molecular complexity index is 401. The fourth-order valence-corrected chi connectivity index (χ4v) is 1.11. The lowest BCUT2D eigenvalue weighted by atomic mass is 10.1. The second-order valence-corrected chi connectivity index (χ2v) is 2.73. The average Bonchev–Trinajstić information content (AvgIpc) is 2.20. The molecule has 5 heteroatoms. The van der Waals surface area contributed by atoms with Gasteiger partial charge in [0.1, 0.15) is 11.6 Å². The minimum absolute atomic E-state index is 0.165. The average molecular weight is 212 g/mol. The molecule has 80 valence electrons. The number of hydrogen-bond acceptors (Lipinski definition) is 3. The van der Waals surface area contributed by atoms with Crippen LogP contribution in [0.1, 0.15) is 27.6 Å². The first kappa shape index (κ1) is 11.2. The van der Waals surface area contributed by atoms with E-state index in [-0.39, 0.29) is 17.6 Å². The van der Waals surface area contributed by atoms with Crippen LogP contribution in [0.25, 0.3) is 0 Å². The first-order valence-electron chi connectivity index (χ1n) is 4.25. The minimum atomic E-state index is -1.43. The molecule has 1 aromatic carbocycles. The van der Waals surface area contributed by atoms with E-state index in [1.54, 1.807) is 6.92 Å². The molecule has 1 N–H and O–H groups in total. The van der Waals surface area contributed by atoms with E-state index in [4.69, 9.17) is 9.84 Å². The van der Waals surface area contributed by atoms with E-state index in [0.29, 0.717) is 6.61 Å². The van der Waals surface area contributed by atoms with E-state index in [1.807, 2.05) is 0 Å². The molecule has 0 aromatic heterocycles. The van der Waals surface area contributed by atoms with Gasteiger partial charge in [-0.25, -0.2) is 9.18 Å². The second-order valence-electron chi connectivity index (χ2n) is 2.73. The van der Waals surface area contributed by atoms with Gasteiger partial charge in [0, 0.05) is 0 Å². The zero-order valence-corrected chi connectivity index (χ0v) is 7.99. The summed E-state index contributed by atoms with van der Waals surface area (Å²) in [5.74, 6) is -2.31. The Kier molecular flexibility index (Phi) is 3.38. The Morgan fingerprint density at radius 2 is 2.27 bits per heavy atom. The lowest BCUT2D eigenvalue weighted by Crippen LogP contribution is -2.05. The van der Waals surface area contributed by atoms with Crippen molar-refractivity contribution in [1.29, 1.82) is 0 Å². The molecule has 0 spiro atoms. The van der Waals surface area contributed by atoms with Crippen LogP contribution >= 0.6 is 0 Å². The molecule has 4 nitrogen and oxygen atoms in total. The van der Waals surface area contributed by atoms with Crippen LogP contribution in [0.5, 0.6) is 5.75 Å². The van der Waals surface area contributed by atoms with Crippen molar-refractivity contribution in [2.45, 2.75) is 6.92 Å². The molecular formula is C10H9FO4. The molecule has 15 heavy (non-hydrogen) atoms. The van der Waals surface area contributed by atoms with Crippen LogP contribution in [-0.2, 0) is 0 Å². The Labute approximate surface area is 85.3 Å². The topological polar surface area (TPSA) is 63.6 Å². The maximum absolute atomic E-state index is 13.3. The number of halogens is 1. The molecular weight excluding hydrogens is 203 g/mol. The lowest BCUT2D eigenvalue weighted by Gasteiger charge is -2.06. The Hall–Kier alpha value is -1.91. The zero-order valence-electron chi connectivity index (χ0n) is 7.99. The molecule has 0 unspecified atom stereocenters. The van der Waals surface area contributed by atoms with Gasteiger partial charge in [-0.05, 0) is 19.1 Å². The van der Waals surface area contributed by atoms with Crippen molar-refractivity contribution < 1.29 is 23.8 Å². The van der Waals surface area contributed by atoms with Gasteiger partial charge in [0.05, 0.1) is 17.7 Å². The SMILES string of the molecule is CCOc1cc(C=O)c(F)c(C(=O)O)c1. The van der Waals surface area contributed by atoms with Gasteiger partial charge in [-0.15, -0.1) is 0 Å². The Morgan fingerprint density at radius 3 is 2.73 bits per heavy atom. The van der Waals surface area contributed by atoms with E-state index < -0.39 is 17.3 Å². The number of aldehydes is 1.